The summed E-state index contributed by atoms with van der Waals surface area (Å²) >= 11 is 10.6. The number of halogens is 2. The molecule has 9 nitrogen and oxygen atoms in total. The van der Waals surface area contributed by atoms with Gasteiger partial charge in [-0.2, -0.15) is 0 Å². The van der Waals surface area contributed by atoms with Crippen molar-refractivity contribution in [3.63, 3.8) is 0 Å². The minimum absolute atomic E-state index is 0.111. The number of nitrogens with one attached hydrogen (secondary N) is 1. The van der Waals surface area contributed by atoms with Gasteiger partial charge in [0.05, 0.1) is 5.88 Å². The monoisotopic (exact) mass is 608 g/mol. The maximum absolute atomic E-state index is 12.0. The van der Waals surface area contributed by atoms with Crippen molar-refractivity contribution < 1.29 is 23.9 Å². The van der Waals surface area contributed by atoms with Gasteiger partial charge in [-0.3, -0.25) is 4.90 Å². The van der Waals surface area contributed by atoms with Gasteiger partial charge in [0.25, 0.3) is 0 Å². The van der Waals surface area contributed by atoms with Crippen LogP contribution in [0.3, 0.4) is 0 Å². The van der Waals surface area contributed by atoms with Gasteiger partial charge in [0.1, 0.15) is 19.5 Å². The molecule has 4 rings (SSSR count). The topological polar surface area (TPSA) is 91.4 Å². The lowest BCUT2D eigenvalue weighted by Gasteiger charge is -2.38. The average Bonchev–Trinajstić information content (AvgIpc) is 3.01. The molecular weight excluding hydrogens is 567 g/mol. The maximum atomic E-state index is 12.0. The number of amides is 2. The van der Waals surface area contributed by atoms with Crippen molar-refractivity contribution in [3.05, 3.63) is 71.8 Å². The van der Waals surface area contributed by atoms with E-state index in [4.69, 9.17) is 37.5 Å². The Bertz CT molecular complexity index is 1020. The van der Waals surface area contributed by atoms with Crippen LogP contribution >= 0.6 is 23.2 Å². The highest BCUT2D eigenvalue weighted by Crippen LogP contribution is 2.12. The maximum Gasteiger partial charge on any atom is 0.410 e. The van der Waals surface area contributed by atoms with Crippen LogP contribution < -0.4 is 5.32 Å². The fourth-order valence-corrected chi connectivity index (χ4v) is 4.54. The molecule has 0 radical (unpaired) electrons. The van der Waals surface area contributed by atoms with E-state index in [0.717, 1.165) is 37.3 Å². The number of benzene rings is 2. The third kappa shape index (κ3) is 13.6. The SMILES string of the molecule is C[C@H]1CN(C(=O)OCc2ccccc2)CCN1.C[C@H]1CN(C(=O)OCc2ccccc2)CCN1CCCl.O=CCCl. The van der Waals surface area contributed by atoms with E-state index in [-0.39, 0.29) is 18.1 Å². The summed E-state index contributed by atoms with van der Waals surface area (Å²) in [4.78, 5) is 38.7. The first-order valence-corrected chi connectivity index (χ1v) is 14.9. The number of hydrogen-bond acceptors (Lipinski definition) is 7. The number of carbonyl (C=O) groups excluding carboxylic acids is 3. The van der Waals surface area contributed by atoms with Gasteiger partial charge < -0.3 is 29.4 Å². The summed E-state index contributed by atoms with van der Waals surface area (Å²) in [6, 6.07) is 20.1. The Morgan fingerprint density at radius 2 is 1.37 bits per heavy atom. The highest BCUT2D eigenvalue weighted by Gasteiger charge is 2.27. The van der Waals surface area contributed by atoms with E-state index in [1.165, 1.54) is 0 Å². The Balaban J connectivity index is 0.000000256. The van der Waals surface area contributed by atoms with E-state index in [1.54, 1.807) is 9.80 Å². The summed E-state index contributed by atoms with van der Waals surface area (Å²) < 4.78 is 10.6. The van der Waals surface area contributed by atoms with Crippen LogP contribution in [0, 0.1) is 0 Å². The lowest BCUT2D eigenvalue weighted by Crippen LogP contribution is -2.54. The summed E-state index contributed by atoms with van der Waals surface area (Å²) in [5.74, 6) is 0.739. The fourth-order valence-electron chi connectivity index (χ4n) is 4.32. The summed E-state index contributed by atoms with van der Waals surface area (Å²) in [5.41, 5.74) is 2.03. The molecule has 2 aliphatic rings. The summed E-state index contributed by atoms with van der Waals surface area (Å²) in [6.45, 7) is 10.3. The van der Waals surface area contributed by atoms with Gasteiger partial charge in [0.2, 0.25) is 0 Å². The largest absolute Gasteiger partial charge is 0.445 e. The van der Waals surface area contributed by atoms with Crippen molar-refractivity contribution >= 4 is 41.7 Å². The van der Waals surface area contributed by atoms with Crippen LogP contribution in [-0.4, -0.2) is 103 Å². The van der Waals surface area contributed by atoms with E-state index in [1.807, 2.05) is 60.7 Å². The molecule has 1 N–H and O–H groups in total. The van der Waals surface area contributed by atoms with Crippen LogP contribution in [0.2, 0.25) is 0 Å². The molecule has 2 aromatic carbocycles. The minimum atomic E-state index is -0.230. The zero-order chi connectivity index (χ0) is 29.9. The number of hydrogen-bond donors (Lipinski definition) is 1. The predicted octanol–water partition coefficient (Wildman–Crippen LogP) is 4.61. The number of carbonyl (C=O) groups is 3. The quantitative estimate of drug-likeness (QED) is 0.362. The molecular formula is C30H42Cl2N4O5. The van der Waals surface area contributed by atoms with E-state index >= 15 is 0 Å². The van der Waals surface area contributed by atoms with Crippen LogP contribution in [0.5, 0.6) is 0 Å². The highest BCUT2D eigenvalue weighted by atomic mass is 35.5. The lowest BCUT2D eigenvalue weighted by atomic mass is 10.2. The van der Waals surface area contributed by atoms with Crippen LogP contribution in [0.4, 0.5) is 9.59 Å². The molecule has 2 atom stereocenters. The first-order chi connectivity index (χ1) is 19.9. The molecule has 0 bridgehead atoms. The van der Waals surface area contributed by atoms with Gasteiger partial charge in [-0.1, -0.05) is 60.7 Å². The minimum Gasteiger partial charge on any atom is -0.445 e. The molecule has 0 unspecified atom stereocenters. The summed E-state index contributed by atoms with van der Waals surface area (Å²) in [7, 11) is 0. The Kier molecular flexibility index (Phi) is 16.8. The fraction of sp³-hybridized carbons (Fsp3) is 0.500. The Morgan fingerprint density at radius 3 is 1.80 bits per heavy atom. The summed E-state index contributed by atoms with van der Waals surface area (Å²) in [6.07, 6.45) is 0.190. The van der Waals surface area contributed by atoms with Crippen molar-refractivity contribution in [1.82, 2.24) is 20.0 Å². The predicted molar refractivity (Wildman–Crippen MR) is 162 cm³/mol. The molecule has 0 spiro atoms. The molecule has 0 aliphatic carbocycles. The van der Waals surface area contributed by atoms with E-state index in [0.29, 0.717) is 57.1 Å². The Hall–Kier alpha value is -2.85. The molecule has 11 heteroatoms. The number of alkyl halides is 2. The molecule has 226 valence electrons. The second-order valence-corrected chi connectivity index (χ2v) is 10.4. The standard InChI is InChI=1S/C15H21ClN2O2.C13H18N2O2.C2H3ClO/c1-13-11-18(10-9-17(13)8-7-16)15(19)20-12-14-5-3-2-4-6-14;1-11-9-15(8-7-14-11)13(16)17-10-12-5-3-2-4-6-12;3-1-2-4/h2-6,13H,7-12H2,1H3;2-6,11,14H,7-10H2,1H3;2H,1H2/t13-;11-;/m00./s1. The van der Waals surface area contributed by atoms with Crippen LogP contribution in [0.15, 0.2) is 60.7 Å². The van der Waals surface area contributed by atoms with E-state index < -0.39 is 0 Å². The van der Waals surface area contributed by atoms with Crippen molar-refractivity contribution in [2.24, 2.45) is 0 Å². The molecule has 2 fully saturated rings. The summed E-state index contributed by atoms with van der Waals surface area (Å²) in [5, 5.41) is 3.29. The molecule has 2 amide bonds. The van der Waals surface area contributed by atoms with Crippen molar-refractivity contribution in [3.8, 4) is 0 Å². The normalized spacial score (nSPS) is 18.6. The van der Waals surface area contributed by atoms with Crippen LogP contribution in [0.1, 0.15) is 25.0 Å². The molecule has 0 aromatic heterocycles. The number of rotatable bonds is 7. The van der Waals surface area contributed by atoms with Crippen molar-refractivity contribution in [2.45, 2.75) is 39.1 Å². The first kappa shape index (κ1) is 34.4. The zero-order valence-corrected chi connectivity index (χ0v) is 25.4. The Morgan fingerprint density at radius 1 is 0.854 bits per heavy atom. The second kappa shape index (κ2) is 20.1. The van der Waals surface area contributed by atoms with E-state index in [9.17, 15) is 9.59 Å². The number of piperazine rings is 2. The molecule has 41 heavy (non-hydrogen) atoms. The van der Waals surface area contributed by atoms with Gasteiger partial charge in [0, 0.05) is 63.8 Å². The molecule has 2 heterocycles. The van der Waals surface area contributed by atoms with Crippen molar-refractivity contribution in [2.75, 3.05) is 57.6 Å². The number of nitrogens with zero attached hydrogens (tertiary/aromatic N) is 3. The molecule has 2 aromatic rings. The van der Waals surface area contributed by atoms with E-state index in [2.05, 4.69) is 24.1 Å². The average molecular weight is 610 g/mol. The molecule has 0 saturated carbocycles. The molecule has 2 aliphatic heterocycles. The van der Waals surface area contributed by atoms with Gasteiger partial charge >= 0.3 is 12.2 Å². The number of aldehydes is 1. The lowest BCUT2D eigenvalue weighted by molar-refractivity contribution is -0.105. The van der Waals surface area contributed by atoms with Gasteiger partial charge in [-0.05, 0) is 25.0 Å². The van der Waals surface area contributed by atoms with Crippen molar-refractivity contribution in [1.29, 1.82) is 0 Å². The van der Waals surface area contributed by atoms with Gasteiger partial charge in [0.15, 0.2) is 0 Å². The zero-order valence-electron chi connectivity index (χ0n) is 23.9. The van der Waals surface area contributed by atoms with Gasteiger partial charge in [-0.15, -0.1) is 23.2 Å². The number of ether oxygens (including phenoxy) is 2. The first-order valence-electron chi connectivity index (χ1n) is 13.8. The van der Waals surface area contributed by atoms with Crippen LogP contribution in [-0.2, 0) is 27.5 Å². The molecule has 2 saturated heterocycles. The third-order valence-electron chi connectivity index (χ3n) is 6.50. The van der Waals surface area contributed by atoms with Crippen LogP contribution in [0.25, 0.3) is 0 Å². The van der Waals surface area contributed by atoms with Gasteiger partial charge in [-0.25, -0.2) is 9.59 Å². The Labute approximate surface area is 253 Å². The second-order valence-electron chi connectivity index (χ2n) is 9.72. The third-order valence-corrected chi connectivity index (χ3v) is 6.79. The smallest absolute Gasteiger partial charge is 0.410 e. The highest BCUT2D eigenvalue weighted by molar-refractivity contribution is 6.24.